The molecule has 0 bridgehead atoms. The van der Waals surface area contributed by atoms with Gasteiger partial charge in [0, 0.05) is 5.54 Å². The molecule has 2 atom stereocenters. The van der Waals surface area contributed by atoms with Crippen molar-refractivity contribution in [2.24, 2.45) is 11.5 Å². The molecule has 2 heterocycles. The third-order valence-corrected chi connectivity index (χ3v) is 2.72. The summed E-state index contributed by atoms with van der Waals surface area (Å²) < 4.78 is 10.4. The summed E-state index contributed by atoms with van der Waals surface area (Å²) in [6, 6.07) is 0. The highest BCUT2D eigenvalue weighted by molar-refractivity contribution is 4.94. The molecule has 2 unspecified atom stereocenters. The summed E-state index contributed by atoms with van der Waals surface area (Å²) >= 11 is 0. The molecular formula is C9H18N2O2. The fourth-order valence-corrected chi connectivity index (χ4v) is 1.85. The quantitative estimate of drug-likeness (QED) is 0.554. The number of rotatable bonds is 6. The molecule has 0 saturated carbocycles. The maximum Gasteiger partial charge on any atom is 0.0827 e. The SMILES string of the molecule is NCCC(N)(CC1CO1)CC1CO1. The van der Waals surface area contributed by atoms with E-state index in [0.717, 1.165) is 32.5 Å². The molecule has 0 radical (unpaired) electrons. The van der Waals surface area contributed by atoms with Crippen molar-refractivity contribution >= 4 is 0 Å². The Bertz CT molecular complexity index is 164. The lowest BCUT2D eigenvalue weighted by Crippen LogP contribution is -2.44. The summed E-state index contributed by atoms with van der Waals surface area (Å²) in [6.07, 6.45) is 3.51. The van der Waals surface area contributed by atoms with E-state index >= 15 is 0 Å². The second-order valence-electron chi connectivity index (χ2n) is 4.22. The molecule has 4 N–H and O–H groups in total. The van der Waals surface area contributed by atoms with E-state index in [-0.39, 0.29) is 5.54 Å². The zero-order chi connectivity index (χ0) is 9.31. The van der Waals surface area contributed by atoms with Crippen molar-refractivity contribution in [3.8, 4) is 0 Å². The van der Waals surface area contributed by atoms with Crippen molar-refractivity contribution in [1.82, 2.24) is 0 Å². The van der Waals surface area contributed by atoms with E-state index in [1.165, 1.54) is 0 Å². The molecular weight excluding hydrogens is 168 g/mol. The van der Waals surface area contributed by atoms with Crippen LogP contribution < -0.4 is 11.5 Å². The standard InChI is InChI=1S/C9H18N2O2/c10-2-1-9(11,3-7-5-12-7)4-8-6-13-8/h7-8H,1-6,10-11H2. The average molecular weight is 186 g/mol. The fourth-order valence-electron chi connectivity index (χ4n) is 1.85. The molecule has 4 nitrogen and oxygen atoms in total. The van der Waals surface area contributed by atoms with Crippen LogP contribution in [0.5, 0.6) is 0 Å². The number of hydrogen-bond acceptors (Lipinski definition) is 4. The summed E-state index contributed by atoms with van der Waals surface area (Å²) in [5, 5.41) is 0. The van der Waals surface area contributed by atoms with Crippen molar-refractivity contribution in [3.63, 3.8) is 0 Å². The van der Waals surface area contributed by atoms with E-state index in [9.17, 15) is 0 Å². The van der Waals surface area contributed by atoms with Gasteiger partial charge < -0.3 is 20.9 Å². The van der Waals surface area contributed by atoms with Crippen LogP contribution in [-0.2, 0) is 9.47 Å². The lowest BCUT2D eigenvalue weighted by Gasteiger charge is -2.27. The van der Waals surface area contributed by atoms with Gasteiger partial charge in [-0.15, -0.1) is 0 Å². The van der Waals surface area contributed by atoms with Crippen molar-refractivity contribution in [2.75, 3.05) is 19.8 Å². The summed E-state index contributed by atoms with van der Waals surface area (Å²) in [6.45, 7) is 2.39. The Hall–Kier alpha value is -0.160. The summed E-state index contributed by atoms with van der Waals surface area (Å²) in [5.74, 6) is 0. The Morgan fingerprint density at radius 3 is 1.92 bits per heavy atom. The maximum absolute atomic E-state index is 6.25. The molecule has 76 valence electrons. The monoisotopic (exact) mass is 186 g/mol. The third-order valence-electron chi connectivity index (χ3n) is 2.72. The number of ether oxygens (including phenoxy) is 2. The normalized spacial score (nSPS) is 35.5. The van der Waals surface area contributed by atoms with Crippen LogP contribution in [0, 0.1) is 0 Å². The van der Waals surface area contributed by atoms with Gasteiger partial charge in [0.25, 0.3) is 0 Å². The van der Waals surface area contributed by atoms with Crippen LogP contribution in [0.4, 0.5) is 0 Å². The fraction of sp³-hybridized carbons (Fsp3) is 1.00. The van der Waals surface area contributed by atoms with E-state index < -0.39 is 0 Å². The number of nitrogens with two attached hydrogens (primary N) is 2. The van der Waals surface area contributed by atoms with E-state index in [4.69, 9.17) is 20.9 Å². The molecule has 0 amide bonds. The Morgan fingerprint density at radius 2 is 1.62 bits per heavy atom. The topological polar surface area (TPSA) is 77.1 Å². The summed E-state index contributed by atoms with van der Waals surface area (Å²) in [7, 11) is 0. The zero-order valence-corrected chi connectivity index (χ0v) is 7.87. The largest absolute Gasteiger partial charge is 0.373 e. The van der Waals surface area contributed by atoms with Crippen LogP contribution in [0.2, 0.25) is 0 Å². The lowest BCUT2D eigenvalue weighted by atomic mass is 9.86. The third kappa shape index (κ3) is 2.91. The van der Waals surface area contributed by atoms with Gasteiger partial charge in [-0.05, 0) is 25.8 Å². The minimum atomic E-state index is -0.156. The molecule has 2 fully saturated rings. The van der Waals surface area contributed by atoms with E-state index in [1.54, 1.807) is 0 Å². The molecule has 2 rings (SSSR count). The van der Waals surface area contributed by atoms with Crippen LogP contribution in [-0.4, -0.2) is 37.5 Å². The van der Waals surface area contributed by atoms with Crippen molar-refractivity contribution < 1.29 is 9.47 Å². The Kier molecular flexibility index (Phi) is 2.55. The van der Waals surface area contributed by atoms with Crippen molar-refractivity contribution in [3.05, 3.63) is 0 Å². The van der Waals surface area contributed by atoms with Crippen LogP contribution in [0.15, 0.2) is 0 Å². The second kappa shape index (κ2) is 3.53. The highest BCUT2D eigenvalue weighted by Crippen LogP contribution is 2.30. The van der Waals surface area contributed by atoms with Gasteiger partial charge in [0.05, 0.1) is 25.4 Å². The van der Waals surface area contributed by atoms with E-state index in [0.29, 0.717) is 18.8 Å². The van der Waals surface area contributed by atoms with Crippen molar-refractivity contribution in [1.29, 1.82) is 0 Å². The molecule has 13 heavy (non-hydrogen) atoms. The highest BCUT2D eigenvalue weighted by atomic mass is 16.6. The van der Waals surface area contributed by atoms with Gasteiger partial charge >= 0.3 is 0 Å². The molecule has 2 saturated heterocycles. The highest BCUT2D eigenvalue weighted by Gasteiger charge is 2.39. The zero-order valence-electron chi connectivity index (χ0n) is 7.87. The van der Waals surface area contributed by atoms with Crippen LogP contribution in [0.1, 0.15) is 19.3 Å². The predicted molar refractivity (Wildman–Crippen MR) is 49.3 cm³/mol. The van der Waals surface area contributed by atoms with Crippen LogP contribution in [0.25, 0.3) is 0 Å². The first kappa shape index (κ1) is 9.40. The molecule has 0 aliphatic carbocycles. The van der Waals surface area contributed by atoms with Crippen LogP contribution >= 0.6 is 0 Å². The van der Waals surface area contributed by atoms with Gasteiger partial charge in [0.15, 0.2) is 0 Å². The van der Waals surface area contributed by atoms with Crippen LogP contribution in [0.3, 0.4) is 0 Å². The molecule has 0 aromatic carbocycles. The van der Waals surface area contributed by atoms with Crippen molar-refractivity contribution in [2.45, 2.75) is 37.0 Å². The van der Waals surface area contributed by atoms with Gasteiger partial charge in [-0.2, -0.15) is 0 Å². The second-order valence-corrected chi connectivity index (χ2v) is 4.22. The maximum atomic E-state index is 6.25. The summed E-state index contributed by atoms with van der Waals surface area (Å²) in [4.78, 5) is 0. The number of epoxide rings is 2. The number of hydrogen-bond donors (Lipinski definition) is 2. The first-order valence-electron chi connectivity index (χ1n) is 4.94. The van der Waals surface area contributed by atoms with Gasteiger partial charge in [-0.3, -0.25) is 0 Å². The lowest BCUT2D eigenvalue weighted by molar-refractivity contribution is 0.260. The first-order chi connectivity index (χ1) is 6.22. The Morgan fingerprint density at radius 1 is 1.15 bits per heavy atom. The Balaban J connectivity index is 1.82. The minimum Gasteiger partial charge on any atom is -0.373 e. The predicted octanol–water partition coefficient (Wildman–Crippen LogP) is -0.389. The first-order valence-corrected chi connectivity index (χ1v) is 4.94. The van der Waals surface area contributed by atoms with E-state index in [1.807, 2.05) is 0 Å². The molecule has 4 heteroatoms. The van der Waals surface area contributed by atoms with Gasteiger partial charge in [0.2, 0.25) is 0 Å². The van der Waals surface area contributed by atoms with Gasteiger partial charge in [-0.25, -0.2) is 0 Å². The molecule has 2 aliphatic rings. The molecule has 0 spiro atoms. The summed E-state index contributed by atoms with van der Waals surface area (Å²) in [5.41, 5.74) is 11.6. The van der Waals surface area contributed by atoms with Gasteiger partial charge in [0.1, 0.15) is 0 Å². The molecule has 0 aromatic rings. The minimum absolute atomic E-state index is 0.156. The average Bonchev–Trinajstić information content (AvgIpc) is 2.85. The molecule has 0 aromatic heterocycles. The molecule has 2 aliphatic heterocycles. The smallest absolute Gasteiger partial charge is 0.0827 e. The van der Waals surface area contributed by atoms with E-state index in [2.05, 4.69) is 0 Å². The Labute approximate surface area is 78.6 Å². The van der Waals surface area contributed by atoms with Gasteiger partial charge in [-0.1, -0.05) is 0 Å².